The van der Waals surface area contributed by atoms with Crippen molar-refractivity contribution in [2.24, 2.45) is 0 Å². The average molecular weight is 290 g/mol. The van der Waals surface area contributed by atoms with E-state index in [1.165, 1.54) is 16.7 Å². The van der Waals surface area contributed by atoms with E-state index in [2.05, 4.69) is 37.4 Å². The monoisotopic (exact) mass is 289 g/mol. The predicted molar refractivity (Wildman–Crippen MR) is 84.8 cm³/mol. The molecule has 0 aliphatic rings. The minimum absolute atomic E-state index is 0.0766. The zero-order chi connectivity index (χ0) is 14.7. The van der Waals surface area contributed by atoms with Crippen LogP contribution in [0.5, 0.6) is 5.75 Å². The average Bonchev–Trinajstić information content (AvgIpc) is 2.45. The van der Waals surface area contributed by atoms with Crippen LogP contribution in [0.2, 0.25) is 5.02 Å². The molecule has 0 saturated heterocycles. The van der Waals surface area contributed by atoms with Gasteiger partial charge in [-0.3, -0.25) is 0 Å². The normalized spacial score (nSPS) is 12.2. The molecule has 0 saturated carbocycles. The number of hydrogen-bond donors (Lipinski definition) is 1. The lowest BCUT2D eigenvalue weighted by Crippen LogP contribution is -2.18. The maximum atomic E-state index is 6.38. The summed E-state index contributed by atoms with van der Waals surface area (Å²) in [5.41, 5.74) is 4.85. The van der Waals surface area contributed by atoms with Crippen molar-refractivity contribution in [3.63, 3.8) is 0 Å². The second kappa shape index (κ2) is 6.29. The summed E-state index contributed by atoms with van der Waals surface area (Å²) in [6.45, 7) is 4.25. The summed E-state index contributed by atoms with van der Waals surface area (Å²) in [4.78, 5) is 0. The van der Waals surface area contributed by atoms with Crippen LogP contribution in [0, 0.1) is 13.8 Å². The molecule has 1 N–H and O–H groups in total. The topological polar surface area (TPSA) is 21.3 Å². The van der Waals surface area contributed by atoms with Gasteiger partial charge in [0, 0.05) is 5.02 Å². The number of halogens is 1. The van der Waals surface area contributed by atoms with Gasteiger partial charge in [-0.1, -0.05) is 35.9 Å². The first-order valence-electron chi connectivity index (χ1n) is 6.64. The Balaban J connectivity index is 2.43. The highest BCUT2D eigenvalue weighted by Gasteiger charge is 2.16. The van der Waals surface area contributed by atoms with E-state index in [0.717, 1.165) is 11.3 Å². The second-order valence-corrected chi connectivity index (χ2v) is 5.36. The molecule has 0 radical (unpaired) electrons. The quantitative estimate of drug-likeness (QED) is 0.907. The highest BCUT2D eigenvalue weighted by molar-refractivity contribution is 6.31. The van der Waals surface area contributed by atoms with Gasteiger partial charge >= 0.3 is 0 Å². The highest BCUT2D eigenvalue weighted by atomic mass is 35.5. The Kier molecular flexibility index (Phi) is 4.69. The summed E-state index contributed by atoms with van der Waals surface area (Å²) in [5, 5.41) is 4.04. The molecule has 0 aliphatic carbocycles. The Morgan fingerprint density at radius 1 is 1.05 bits per heavy atom. The van der Waals surface area contributed by atoms with Crippen molar-refractivity contribution in [2.45, 2.75) is 19.9 Å². The van der Waals surface area contributed by atoms with Gasteiger partial charge in [-0.2, -0.15) is 0 Å². The van der Waals surface area contributed by atoms with Crippen LogP contribution < -0.4 is 10.1 Å². The first-order valence-corrected chi connectivity index (χ1v) is 7.02. The Labute approximate surface area is 125 Å². The molecule has 2 rings (SSSR count). The first-order chi connectivity index (χ1) is 9.56. The van der Waals surface area contributed by atoms with Gasteiger partial charge in [0.2, 0.25) is 0 Å². The minimum Gasteiger partial charge on any atom is -0.497 e. The maximum Gasteiger partial charge on any atom is 0.120 e. The number of rotatable bonds is 4. The van der Waals surface area contributed by atoms with Crippen molar-refractivity contribution in [1.29, 1.82) is 0 Å². The smallest absolute Gasteiger partial charge is 0.120 e. The van der Waals surface area contributed by atoms with Gasteiger partial charge in [0.05, 0.1) is 13.2 Å². The Bertz CT molecular complexity index is 610. The molecule has 0 spiro atoms. The SMILES string of the molecule is CNC(c1ccc(C)c(C)c1)c1ccc(OC)cc1Cl. The molecule has 0 fully saturated rings. The Hall–Kier alpha value is -1.51. The van der Waals surface area contributed by atoms with Crippen LogP contribution >= 0.6 is 11.6 Å². The Morgan fingerprint density at radius 3 is 2.35 bits per heavy atom. The molecule has 0 aromatic heterocycles. The Morgan fingerprint density at radius 2 is 1.80 bits per heavy atom. The summed E-state index contributed by atoms with van der Waals surface area (Å²) in [6, 6.07) is 12.4. The van der Waals surface area contributed by atoms with Gasteiger partial charge in [0.1, 0.15) is 5.75 Å². The number of benzene rings is 2. The van der Waals surface area contributed by atoms with E-state index >= 15 is 0 Å². The lowest BCUT2D eigenvalue weighted by Gasteiger charge is -2.20. The molecule has 1 atom stereocenters. The third kappa shape index (κ3) is 2.97. The van der Waals surface area contributed by atoms with Gasteiger partial charge in [0.15, 0.2) is 0 Å². The second-order valence-electron chi connectivity index (χ2n) is 4.95. The lowest BCUT2D eigenvalue weighted by atomic mass is 9.95. The molecule has 0 amide bonds. The van der Waals surface area contributed by atoms with Crippen LogP contribution in [0.15, 0.2) is 36.4 Å². The fourth-order valence-electron chi connectivity index (χ4n) is 2.31. The van der Waals surface area contributed by atoms with E-state index in [9.17, 15) is 0 Å². The number of methoxy groups -OCH3 is 1. The van der Waals surface area contributed by atoms with Crippen molar-refractivity contribution in [2.75, 3.05) is 14.2 Å². The van der Waals surface area contributed by atoms with Gasteiger partial charge in [-0.25, -0.2) is 0 Å². The largest absolute Gasteiger partial charge is 0.497 e. The molecule has 0 heterocycles. The van der Waals surface area contributed by atoms with Crippen LogP contribution in [0.4, 0.5) is 0 Å². The number of aryl methyl sites for hydroxylation is 2. The number of ether oxygens (including phenoxy) is 1. The van der Waals surface area contributed by atoms with E-state index in [-0.39, 0.29) is 6.04 Å². The molecule has 2 aromatic carbocycles. The van der Waals surface area contributed by atoms with Crippen LogP contribution in [0.25, 0.3) is 0 Å². The van der Waals surface area contributed by atoms with Crippen molar-refractivity contribution < 1.29 is 4.74 Å². The van der Waals surface area contributed by atoms with E-state index in [4.69, 9.17) is 16.3 Å². The molecular weight excluding hydrogens is 270 g/mol. The van der Waals surface area contributed by atoms with Crippen molar-refractivity contribution in [3.8, 4) is 5.75 Å². The number of nitrogens with one attached hydrogen (secondary N) is 1. The van der Waals surface area contributed by atoms with Crippen molar-refractivity contribution in [1.82, 2.24) is 5.32 Å². The third-order valence-corrected chi connectivity index (χ3v) is 4.00. The summed E-state index contributed by atoms with van der Waals surface area (Å²) < 4.78 is 5.20. The van der Waals surface area contributed by atoms with E-state index in [1.54, 1.807) is 7.11 Å². The fourth-order valence-corrected chi connectivity index (χ4v) is 2.59. The van der Waals surface area contributed by atoms with E-state index < -0.39 is 0 Å². The van der Waals surface area contributed by atoms with Crippen LogP contribution in [0.1, 0.15) is 28.3 Å². The summed E-state index contributed by atoms with van der Waals surface area (Å²) in [6.07, 6.45) is 0. The molecule has 0 bridgehead atoms. The molecule has 3 heteroatoms. The number of hydrogen-bond acceptors (Lipinski definition) is 2. The molecular formula is C17H20ClNO. The third-order valence-electron chi connectivity index (χ3n) is 3.67. The van der Waals surface area contributed by atoms with Gasteiger partial charge in [-0.15, -0.1) is 0 Å². The summed E-state index contributed by atoms with van der Waals surface area (Å²) in [5.74, 6) is 0.772. The first kappa shape index (κ1) is 14.9. The molecule has 1 unspecified atom stereocenters. The van der Waals surface area contributed by atoms with Gasteiger partial charge in [0.25, 0.3) is 0 Å². The zero-order valence-corrected chi connectivity index (χ0v) is 13.1. The molecule has 106 valence electrons. The van der Waals surface area contributed by atoms with Crippen molar-refractivity contribution >= 4 is 11.6 Å². The maximum absolute atomic E-state index is 6.38. The molecule has 0 aliphatic heterocycles. The van der Waals surface area contributed by atoms with Crippen LogP contribution in [0.3, 0.4) is 0 Å². The van der Waals surface area contributed by atoms with Gasteiger partial charge in [-0.05, 0) is 55.3 Å². The summed E-state index contributed by atoms with van der Waals surface area (Å²) in [7, 11) is 3.59. The zero-order valence-electron chi connectivity index (χ0n) is 12.3. The highest BCUT2D eigenvalue weighted by Crippen LogP contribution is 2.31. The van der Waals surface area contributed by atoms with Gasteiger partial charge < -0.3 is 10.1 Å². The van der Waals surface area contributed by atoms with E-state index in [0.29, 0.717) is 5.02 Å². The summed E-state index contributed by atoms with van der Waals surface area (Å²) >= 11 is 6.38. The van der Waals surface area contributed by atoms with E-state index in [1.807, 2.05) is 25.2 Å². The lowest BCUT2D eigenvalue weighted by molar-refractivity contribution is 0.414. The predicted octanol–water partition coefficient (Wildman–Crippen LogP) is 4.27. The van der Waals surface area contributed by atoms with Crippen LogP contribution in [-0.4, -0.2) is 14.2 Å². The molecule has 2 aromatic rings. The van der Waals surface area contributed by atoms with Crippen LogP contribution in [-0.2, 0) is 0 Å². The molecule has 2 nitrogen and oxygen atoms in total. The fraction of sp³-hybridized carbons (Fsp3) is 0.294. The minimum atomic E-state index is 0.0766. The van der Waals surface area contributed by atoms with Crippen molar-refractivity contribution in [3.05, 3.63) is 63.7 Å². The molecule has 20 heavy (non-hydrogen) atoms. The standard InChI is InChI=1S/C17H20ClNO/c1-11-5-6-13(9-12(11)2)17(19-3)15-8-7-14(20-4)10-16(15)18/h5-10,17,19H,1-4H3.